The zero-order chi connectivity index (χ0) is 16.4. The number of rotatable bonds is 3. The second kappa shape index (κ2) is 6.38. The zero-order valence-electron chi connectivity index (χ0n) is 14.4. The molecule has 0 radical (unpaired) electrons. The maximum absolute atomic E-state index is 2.58. The Bertz CT molecular complexity index is 670. The molecule has 0 aromatic heterocycles. The van der Waals surface area contributed by atoms with Crippen molar-refractivity contribution < 1.29 is 0 Å². The van der Waals surface area contributed by atoms with Crippen molar-refractivity contribution in [2.45, 2.75) is 26.5 Å². The Labute approximate surface area is 142 Å². The monoisotopic (exact) mass is 364 g/mol. The van der Waals surface area contributed by atoms with Gasteiger partial charge in [0.2, 0.25) is 0 Å². The predicted octanol–water partition coefficient (Wildman–Crippen LogP) is 3.44. The van der Waals surface area contributed by atoms with Gasteiger partial charge in [-0.2, -0.15) is 0 Å². The standard InChI is InChI=1S/C22H25As/c1-17-5-11-20(12-6-17)23(4,21-13-7-18(2)8-14-21)22-15-9-19(3)10-16-22/h5-16,23H,1-4H3. The van der Waals surface area contributed by atoms with E-state index >= 15 is 0 Å². The SMILES string of the molecule is Cc1ccc([AsH](C)(c2ccc(C)cc2)c2ccc(C)cc2)cc1. The topological polar surface area (TPSA) is 0 Å². The van der Waals surface area contributed by atoms with Gasteiger partial charge in [0.25, 0.3) is 0 Å². The minimum absolute atomic E-state index is 1.33. The van der Waals surface area contributed by atoms with Crippen LogP contribution in [-0.4, -0.2) is 13.6 Å². The normalized spacial score (nSPS) is 12.2. The summed E-state index contributed by atoms with van der Waals surface area (Å²) in [7, 11) is 0. The molecule has 3 aromatic carbocycles. The molecular formula is C22H25As. The fourth-order valence-corrected chi connectivity index (χ4v) is 10.5. The molecule has 118 valence electrons. The quantitative estimate of drug-likeness (QED) is 0.625. The van der Waals surface area contributed by atoms with Crippen LogP contribution in [0, 0.1) is 20.8 Å². The van der Waals surface area contributed by atoms with E-state index in [-0.39, 0.29) is 0 Å². The van der Waals surface area contributed by atoms with Gasteiger partial charge < -0.3 is 0 Å². The molecule has 1 heteroatoms. The van der Waals surface area contributed by atoms with E-state index in [0.29, 0.717) is 0 Å². The van der Waals surface area contributed by atoms with Crippen LogP contribution in [0.15, 0.2) is 72.8 Å². The van der Waals surface area contributed by atoms with Crippen molar-refractivity contribution in [1.29, 1.82) is 0 Å². The number of benzene rings is 3. The number of hydrogen-bond donors (Lipinski definition) is 0. The molecule has 0 N–H and O–H groups in total. The third kappa shape index (κ3) is 3.14. The van der Waals surface area contributed by atoms with Crippen LogP contribution >= 0.6 is 0 Å². The summed E-state index contributed by atoms with van der Waals surface area (Å²) in [5.41, 5.74) is 6.49. The van der Waals surface area contributed by atoms with Crippen molar-refractivity contribution in [2.75, 3.05) is 0 Å². The van der Waals surface area contributed by atoms with Crippen LogP contribution < -0.4 is 13.1 Å². The van der Waals surface area contributed by atoms with Gasteiger partial charge in [0.1, 0.15) is 0 Å². The summed E-state index contributed by atoms with van der Waals surface area (Å²) < 4.78 is 4.55. The summed E-state index contributed by atoms with van der Waals surface area (Å²) in [6.45, 7) is 6.48. The molecule has 0 unspecified atom stereocenters. The summed E-state index contributed by atoms with van der Waals surface area (Å²) in [4.78, 5) is 0. The first kappa shape index (κ1) is 16.1. The molecule has 3 rings (SSSR count). The molecule has 0 aliphatic carbocycles. The first-order valence-electron chi connectivity index (χ1n) is 8.21. The molecule has 3 aromatic rings. The van der Waals surface area contributed by atoms with Crippen molar-refractivity contribution in [2.24, 2.45) is 0 Å². The van der Waals surface area contributed by atoms with E-state index in [0.717, 1.165) is 0 Å². The van der Waals surface area contributed by atoms with Gasteiger partial charge in [-0.1, -0.05) is 0 Å². The third-order valence-corrected chi connectivity index (χ3v) is 14.3. The molecule has 0 nitrogen and oxygen atoms in total. The molecule has 0 spiro atoms. The molecule has 0 saturated heterocycles. The Hall–Kier alpha value is -1.78. The van der Waals surface area contributed by atoms with E-state index in [9.17, 15) is 0 Å². The summed E-state index contributed by atoms with van der Waals surface area (Å²) in [5, 5.41) is 0. The molecule has 0 saturated carbocycles. The Kier molecular flexibility index (Phi) is 4.46. The average Bonchev–Trinajstić information content (AvgIpc) is 2.56. The average molecular weight is 364 g/mol. The first-order valence-corrected chi connectivity index (χ1v) is 13.5. The molecular weight excluding hydrogens is 339 g/mol. The molecule has 0 aliphatic heterocycles. The number of aryl methyl sites for hydroxylation is 3. The van der Waals surface area contributed by atoms with E-state index in [2.05, 4.69) is 99.3 Å². The van der Waals surface area contributed by atoms with Crippen LogP contribution in [0.2, 0.25) is 5.71 Å². The van der Waals surface area contributed by atoms with Gasteiger partial charge in [-0.3, -0.25) is 0 Å². The second-order valence-corrected chi connectivity index (χ2v) is 15.1. The van der Waals surface area contributed by atoms with Crippen molar-refractivity contribution in [3.8, 4) is 0 Å². The zero-order valence-corrected chi connectivity index (χ0v) is 16.5. The van der Waals surface area contributed by atoms with Crippen LogP contribution in [0.3, 0.4) is 0 Å². The van der Waals surface area contributed by atoms with Crippen LogP contribution in [0.1, 0.15) is 16.7 Å². The fourth-order valence-electron chi connectivity index (χ4n) is 3.16. The molecule has 0 heterocycles. The van der Waals surface area contributed by atoms with Crippen molar-refractivity contribution in [1.82, 2.24) is 0 Å². The molecule has 0 aliphatic rings. The molecule has 23 heavy (non-hydrogen) atoms. The Morgan fingerprint density at radius 1 is 0.435 bits per heavy atom. The van der Waals surface area contributed by atoms with E-state index in [1.807, 2.05) is 0 Å². The van der Waals surface area contributed by atoms with Crippen molar-refractivity contribution in [3.05, 3.63) is 89.5 Å². The summed E-state index contributed by atoms with van der Waals surface area (Å²) in [6, 6.07) is 27.6. The van der Waals surface area contributed by atoms with E-state index in [1.54, 1.807) is 0 Å². The third-order valence-electron chi connectivity index (χ3n) is 4.89. The fraction of sp³-hybridized carbons (Fsp3) is 0.182. The predicted molar refractivity (Wildman–Crippen MR) is 105 cm³/mol. The second-order valence-electron chi connectivity index (χ2n) is 6.72. The molecule has 0 fully saturated rings. The number of hydrogen-bond acceptors (Lipinski definition) is 0. The molecule has 0 amide bonds. The van der Waals surface area contributed by atoms with E-state index < -0.39 is 13.6 Å². The van der Waals surface area contributed by atoms with Gasteiger partial charge >= 0.3 is 143 Å². The molecule has 0 atom stereocenters. The van der Waals surface area contributed by atoms with Gasteiger partial charge in [-0.05, 0) is 0 Å². The summed E-state index contributed by atoms with van der Waals surface area (Å²) in [5.74, 6) is 0. The van der Waals surface area contributed by atoms with Crippen molar-refractivity contribution in [3.63, 3.8) is 0 Å². The summed E-state index contributed by atoms with van der Waals surface area (Å²) in [6.07, 6.45) is 0. The van der Waals surface area contributed by atoms with E-state index in [1.165, 1.54) is 29.7 Å². The van der Waals surface area contributed by atoms with Gasteiger partial charge in [-0.25, -0.2) is 0 Å². The van der Waals surface area contributed by atoms with Gasteiger partial charge in [0.15, 0.2) is 0 Å². The minimum atomic E-state index is -2.58. The Balaban J connectivity index is 2.21. The van der Waals surface area contributed by atoms with Crippen LogP contribution in [0.25, 0.3) is 0 Å². The van der Waals surface area contributed by atoms with Crippen LogP contribution in [0.4, 0.5) is 0 Å². The van der Waals surface area contributed by atoms with Crippen LogP contribution in [-0.2, 0) is 0 Å². The van der Waals surface area contributed by atoms with Gasteiger partial charge in [0, 0.05) is 0 Å². The molecule has 0 bridgehead atoms. The van der Waals surface area contributed by atoms with Crippen molar-refractivity contribution >= 4 is 26.6 Å². The maximum atomic E-state index is 2.51. The van der Waals surface area contributed by atoms with Crippen LogP contribution in [0.5, 0.6) is 0 Å². The Morgan fingerprint density at radius 2 is 0.652 bits per heavy atom. The Morgan fingerprint density at radius 3 is 0.870 bits per heavy atom. The van der Waals surface area contributed by atoms with Gasteiger partial charge in [-0.15, -0.1) is 0 Å². The first-order chi connectivity index (χ1) is 11.0. The summed E-state index contributed by atoms with van der Waals surface area (Å²) >= 11 is -2.58. The van der Waals surface area contributed by atoms with Gasteiger partial charge in [0.05, 0.1) is 0 Å². The van der Waals surface area contributed by atoms with E-state index in [4.69, 9.17) is 0 Å².